The van der Waals surface area contributed by atoms with Crippen LogP contribution in [-0.2, 0) is 23.1 Å². The van der Waals surface area contributed by atoms with Gasteiger partial charge in [-0.3, -0.25) is 4.79 Å². The van der Waals surface area contributed by atoms with E-state index in [2.05, 4.69) is 5.32 Å². The number of carbonyl (C=O) groups excluding carboxylic acids is 2. The second kappa shape index (κ2) is 11.3. The molecular formula is C22H32N4O3. The van der Waals surface area contributed by atoms with Crippen LogP contribution >= 0.6 is 0 Å². The molecule has 0 saturated heterocycles. The fourth-order valence-electron chi connectivity index (χ4n) is 2.96. The zero-order valence-corrected chi connectivity index (χ0v) is 17.8. The quantitative estimate of drug-likeness (QED) is 0.665. The van der Waals surface area contributed by atoms with Crippen LogP contribution in [0.2, 0.25) is 0 Å². The summed E-state index contributed by atoms with van der Waals surface area (Å²) < 4.78 is 7.17. The van der Waals surface area contributed by atoms with E-state index in [1.54, 1.807) is 16.9 Å². The standard InChI is InChI=1S/C22H32N4O3/c1-5-18(2)26(22(28)23-19-10-7-6-8-11-19)17-21(27)25(14-15-29-4)16-20-12-9-13-24(20)3/h6-13,18H,5,14-17H2,1-4H3,(H,23,28). The van der Waals surface area contributed by atoms with Crippen LogP contribution in [0.3, 0.4) is 0 Å². The van der Waals surface area contributed by atoms with Crippen LogP contribution < -0.4 is 5.32 Å². The Morgan fingerprint density at radius 2 is 1.90 bits per heavy atom. The van der Waals surface area contributed by atoms with Gasteiger partial charge in [0.2, 0.25) is 5.91 Å². The number of aromatic nitrogens is 1. The van der Waals surface area contributed by atoms with Gasteiger partial charge in [0.1, 0.15) is 6.54 Å². The first-order chi connectivity index (χ1) is 14.0. The van der Waals surface area contributed by atoms with Crippen LogP contribution in [0.15, 0.2) is 48.7 Å². The third-order valence-corrected chi connectivity index (χ3v) is 5.04. The summed E-state index contributed by atoms with van der Waals surface area (Å²) in [4.78, 5) is 29.3. The van der Waals surface area contributed by atoms with Crippen molar-refractivity contribution in [1.82, 2.24) is 14.4 Å². The van der Waals surface area contributed by atoms with Gasteiger partial charge in [-0.1, -0.05) is 25.1 Å². The maximum Gasteiger partial charge on any atom is 0.322 e. The highest BCUT2D eigenvalue weighted by atomic mass is 16.5. The molecule has 29 heavy (non-hydrogen) atoms. The van der Waals surface area contributed by atoms with Crippen LogP contribution in [0, 0.1) is 0 Å². The molecule has 7 nitrogen and oxygen atoms in total. The maximum atomic E-state index is 13.1. The Bertz CT molecular complexity index is 775. The van der Waals surface area contributed by atoms with E-state index in [4.69, 9.17) is 4.74 Å². The van der Waals surface area contributed by atoms with Gasteiger partial charge in [-0.15, -0.1) is 0 Å². The molecule has 2 rings (SSSR count). The molecule has 0 spiro atoms. The van der Waals surface area contributed by atoms with Crippen molar-refractivity contribution in [1.29, 1.82) is 0 Å². The van der Waals surface area contributed by atoms with Gasteiger partial charge >= 0.3 is 6.03 Å². The Kier molecular flexibility index (Phi) is 8.73. The summed E-state index contributed by atoms with van der Waals surface area (Å²) in [7, 11) is 3.57. The number of nitrogens with zero attached hydrogens (tertiary/aromatic N) is 3. The van der Waals surface area contributed by atoms with Gasteiger partial charge in [-0.05, 0) is 37.6 Å². The van der Waals surface area contributed by atoms with E-state index in [1.165, 1.54) is 0 Å². The first-order valence-electron chi connectivity index (χ1n) is 9.95. The van der Waals surface area contributed by atoms with E-state index in [0.29, 0.717) is 25.4 Å². The van der Waals surface area contributed by atoms with Gasteiger partial charge in [-0.25, -0.2) is 4.79 Å². The highest BCUT2D eigenvalue weighted by Gasteiger charge is 2.25. The van der Waals surface area contributed by atoms with Gasteiger partial charge in [0.25, 0.3) is 0 Å². The molecule has 158 valence electrons. The van der Waals surface area contributed by atoms with Crippen molar-refractivity contribution in [2.75, 3.05) is 32.1 Å². The smallest absolute Gasteiger partial charge is 0.322 e. The van der Waals surface area contributed by atoms with Crippen molar-refractivity contribution in [3.63, 3.8) is 0 Å². The number of aryl methyl sites for hydroxylation is 1. The minimum atomic E-state index is -0.274. The number of hydrogen-bond donors (Lipinski definition) is 1. The SMILES string of the molecule is CCC(C)N(CC(=O)N(CCOC)Cc1cccn1C)C(=O)Nc1ccccc1. The molecule has 0 bridgehead atoms. The molecule has 1 unspecified atom stereocenters. The summed E-state index contributed by atoms with van der Waals surface area (Å²) in [5.74, 6) is -0.105. The Labute approximate surface area is 173 Å². The van der Waals surface area contributed by atoms with Crippen LogP contribution in [0.4, 0.5) is 10.5 Å². The van der Waals surface area contributed by atoms with E-state index in [-0.39, 0.29) is 24.5 Å². The number of urea groups is 1. The molecular weight excluding hydrogens is 368 g/mol. The first kappa shape index (κ1) is 22.5. The van der Waals surface area contributed by atoms with Crippen molar-refractivity contribution in [2.45, 2.75) is 32.9 Å². The zero-order valence-electron chi connectivity index (χ0n) is 17.8. The monoisotopic (exact) mass is 400 g/mol. The predicted molar refractivity (Wildman–Crippen MR) is 115 cm³/mol. The van der Waals surface area contributed by atoms with Crippen LogP contribution in [0.5, 0.6) is 0 Å². The van der Waals surface area contributed by atoms with E-state index in [1.807, 2.05) is 74.1 Å². The van der Waals surface area contributed by atoms with E-state index in [0.717, 1.165) is 12.1 Å². The van der Waals surface area contributed by atoms with Crippen LogP contribution in [0.1, 0.15) is 26.0 Å². The van der Waals surface area contributed by atoms with Gasteiger partial charge in [0, 0.05) is 44.3 Å². The summed E-state index contributed by atoms with van der Waals surface area (Å²) in [5, 5.41) is 2.89. The molecule has 7 heteroatoms. The van der Waals surface area contributed by atoms with Crippen LogP contribution in [0.25, 0.3) is 0 Å². The largest absolute Gasteiger partial charge is 0.383 e. The molecule has 1 aromatic carbocycles. The van der Waals surface area contributed by atoms with E-state index in [9.17, 15) is 9.59 Å². The number of para-hydroxylation sites is 1. The molecule has 1 aromatic heterocycles. The number of anilines is 1. The van der Waals surface area contributed by atoms with Gasteiger partial charge in [0.05, 0.1) is 13.2 Å². The van der Waals surface area contributed by atoms with Gasteiger partial charge in [0.15, 0.2) is 0 Å². The lowest BCUT2D eigenvalue weighted by Gasteiger charge is -2.31. The molecule has 0 radical (unpaired) electrons. The molecule has 1 heterocycles. The number of nitrogens with one attached hydrogen (secondary N) is 1. The highest BCUT2D eigenvalue weighted by molar-refractivity contribution is 5.92. The van der Waals surface area contributed by atoms with Crippen molar-refractivity contribution in [2.24, 2.45) is 7.05 Å². The lowest BCUT2D eigenvalue weighted by molar-refractivity contribution is -0.133. The van der Waals surface area contributed by atoms with Crippen molar-refractivity contribution >= 4 is 17.6 Å². The number of methoxy groups -OCH3 is 1. The molecule has 0 aliphatic carbocycles. The molecule has 0 aliphatic heterocycles. The third kappa shape index (κ3) is 6.64. The first-order valence-corrected chi connectivity index (χ1v) is 9.95. The molecule has 2 aromatic rings. The lowest BCUT2D eigenvalue weighted by Crippen LogP contribution is -2.48. The Morgan fingerprint density at radius 1 is 1.17 bits per heavy atom. The van der Waals surface area contributed by atoms with Gasteiger partial charge < -0.3 is 24.4 Å². The second-order valence-corrected chi connectivity index (χ2v) is 7.10. The van der Waals surface area contributed by atoms with Crippen LogP contribution in [-0.4, -0.2) is 59.2 Å². The summed E-state index contributed by atoms with van der Waals surface area (Å²) >= 11 is 0. The zero-order chi connectivity index (χ0) is 21.2. The minimum Gasteiger partial charge on any atom is -0.383 e. The second-order valence-electron chi connectivity index (χ2n) is 7.10. The normalized spacial score (nSPS) is 11.7. The van der Waals surface area contributed by atoms with Crippen molar-refractivity contribution in [3.8, 4) is 0 Å². The number of rotatable bonds is 10. The summed E-state index contributed by atoms with van der Waals surface area (Å²) in [6.45, 7) is 5.35. The number of benzene rings is 1. The number of carbonyl (C=O) groups is 2. The third-order valence-electron chi connectivity index (χ3n) is 5.04. The molecule has 0 aliphatic rings. The summed E-state index contributed by atoms with van der Waals surface area (Å²) in [5.41, 5.74) is 1.73. The highest BCUT2D eigenvalue weighted by Crippen LogP contribution is 2.12. The van der Waals surface area contributed by atoms with Crippen molar-refractivity contribution in [3.05, 3.63) is 54.4 Å². The Hall–Kier alpha value is -2.80. The minimum absolute atomic E-state index is 0.0157. The van der Waals surface area contributed by atoms with Gasteiger partial charge in [-0.2, -0.15) is 0 Å². The molecule has 0 saturated carbocycles. The Balaban J connectivity index is 2.12. The average molecular weight is 401 g/mol. The molecule has 3 amide bonds. The lowest BCUT2D eigenvalue weighted by atomic mass is 10.2. The topological polar surface area (TPSA) is 66.8 Å². The Morgan fingerprint density at radius 3 is 2.48 bits per heavy atom. The fourth-order valence-corrected chi connectivity index (χ4v) is 2.96. The molecule has 1 atom stereocenters. The number of ether oxygens (including phenoxy) is 1. The number of amides is 3. The summed E-state index contributed by atoms with van der Waals surface area (Å²) in [6.07, 6.45) is 2.71. The maximum absolute atomic E-state index is 13.1. The van der Waals surface area contributed by atoms with E-state index >= 15 is 0 Å². The van der Waals surface area contributed by atoms with Crippen molar-refractivity contribution < 1.29 is 14.3 Å². The number of hydrogen-bond acceptors (Lipinski definition) is 3. The van der Waals surface area contributed by atoms with E-state index < -0.39 is 0 Å². The predicted octanol–water partition coefficient (Wildman–Crippen LogP) is 3.33. The average Bonchev–Trinajstić information content (AvgIpc) is 3.13. The molecule has 1 N–H and O–H groups in total. The molecule has 0 fully saturated rings. The fraction of sp³-hybridized carbons (Fsp3) is 0.455. The summed E-state index contributed by atoms with van der Waals surface area (Å²) in [6, 6.07) is 12.9.